The predicted octanol–water partition coefficient (Wildman–Crippen LogP) is 2.08. The van der Waals surface area contributed by atoms with E-state index in [1.165, 1.54) is 38.0 Å². The molecular weight excluding hydrogens is 236 g/mol. The summed E-state index contributed by atoms with van der Waals surface area (Å²) in [4.78, 5) is 2.61. The Morgan fingerprint density at radius 3 is 2.42 bits per heavy atom. The molecule has 0 radical (unpaired) electrons. The number of ether oxygens (including phenoxy) is 1. The standard InChI is InChI=1S/C16H24N2O/c1-19-14-4-2-12(3-5-14)15(10-17)16-11-18-8-6-13(16)7-9-18/h2-5,13,15-16H,6-11,17H2,1H3. The highest BCUT2D eigenvalue weighted by molar-refractivity contribution is 5.30. The summed E-state index contributed by atoms with van der Waals surface area (Å²) < 4.78 is 5.24. The first kappa shape index (κ1) is 12.9. The molecular formula is C16H24N2O. The van der Waals surface area contributed by atoms with Gasteiger partial charge in [0.25, 0.3) is 0 Å². The van der Waals surface area contributed by atoms with Crippen molar-refractivity contribution >= 4 is 0 Å². The van der Waals surface area contributed by atoms with Crippen molar-refractivity contribution in [3.05, 3.63) is 29.8 Å². The molecule has 0 saturated carbocycles. The zero-order valence-electron chi connectivity index (χ0n) is 11.7. The highest BCUT2D eigenvalue weighted by Gasteiger charge is 2.38. The van der Waals surface area contributed by atoms with Gasteiger partial charge in [0.15, 0.2) is 0 Å². The second-order valence-corrected chi connectivity index (χ2v) is 5.92. The van der Waals surface area contributed by atoms with E-state index in [4.69, 9.17) is 10.5 Å². The molecule has 3 heteroatoms. The molecule has 3 fully saturated rings. The SMILES string of the molecule is COc1ccc(C(CN)C2CN3CCC2CC3)cc1. The molecule has 1 aromatic carbocycles. The summed E-state index contributed by atoms with van der Waals surface area (Å²) in [5.74, 6) is 3.04. The fourth-order valence-electron chi connectivity index (χ4n) is 3.88. The lowest BCUT2D eigenvalue weighted by molar-refractivity contribution is 0.0379. The van der Waals surface area contributed by atoms with Gasteiger partial charge in [-0.05, 0) is 62.0 Å². The van der Waals surface area contributed by atoms with Crippen molar-refractivity contribution in [2.75, 3.05) is 33.3 Å². The number of hydrogen-bond acceptors (Lipinski definition) is 3. The molecule has 2 bridgehead atoms. The lowest BCUT2D eigenvalue weighted by Crippen LogP contribution is -2.50. The summed E-state index contributed by atoms with van der Waals surface area (Å²) >= 11 is 0. The molecule has 2 unspecified atom stereocenters. The number of fused-ring (bicyclic) bond motifs is 3. The second-order valence-electron chi connectivity index (χ2n) is 5.92. The first-order chi connectivity index (χ1) is 9.31. The van der Waals surface area contributed by atoms with E-state index in [2.05, 4.69) is 29.2 Å². The third-order valence-electron chi connectivity index (χ3n) is 5.02. The van der Waals surface area contributed by atoms with Crippen LogP contribution in [-0.4, -0.2) is 38.2 Å². The molecule has 2 N–H and O–H groups in total. The highest BCUT2D eigenvalue weighted by atomic mass is 16.5. The number of piperidine rings is 3. The van der Waals surface area contributed by atoms with E-state index in [-0.39, 0.29) is 0 Å². The number of rotatable bonds is 4. The van der Waals surface area contributed by atoms with Gasteiger partial charge in [-0.3, -0.25) is 0 Å². The molecule has 0 amide bonds. The van der Waals surface area contributed by atoms with Gasteiger partial charge in [-0.1, -0.05) is 12.1 Å². The monoisotopic (exact) mass is 260 g/mol. The van der Waals surface area contributed by atoms with Gasteiger partial charge in [0.2, 0.25) is 0 Å². The molecule has 104 valence electrons. The average molecular weight is 260 g/mol. The molecule has 3 heterocycles. The van der Waals surface area contributed by atoms with E-state index in [1.54, 1.807) is 7.11 Å². The molecule has 1 aromatic rings. The summed E-state index contributed by atoms with van der Waals surface area (Å²) in [7, 11) is 1.71. The van der Waals surface area contributed by atoms with Crippen LogP contribution < -0.4 is 10.5 Å². The minimum absolute atomic E-state index is 0.499. The summed E-state index contributed by atoms with van der Waals surface area (Å²) in [6, 6.07) is 8.49. The van der Waals surface area contributed by atoms with Gasteiger partial charge in [0, 0.05) is 12.5 Å². The van der Waals surface area contributed by atoms with Crippen LogP contribution >= 0.6 is 0 Å². The molecule has 3 nitrogen and oxygen atoms in total. The first-order valence-corrected chi connectivity index (χ1v) is 7.38. The summed E-state index contributed by atoms with van der Waals surface area (Å²) in [5, 5.41) is 0. The summed E-state index contributed by atoms with van der Waals surface area (Å²) in [6.07, 6.45) is 2.72. The number of nitrogens with two attached hydrogens (primary N) is 1. The molecule has 19 heavy (non-hydrogen) atoms. The molecule has 2 atom stereocenters. The molecule has 3 aliphatic rings. The molecule has 3 saturated heterocycles. The van der Waals surface area contributed by atoms with Gasteiger partial charge < -0.3 is 15.4 Å². The van der Waals surface area contributed by atoms with Crippen molar-refractivity contribution in [1.29, 1.82) is 0 Å². The molecule has 0 spiro atoms. The van der Waals surface area contributed by atoms with E-state index < -0.39 is 0 Å². The third-order valence-corrected chi connectivity index (χ3v) is 5.02. The smallest absolute Gasteiger partial charge is 0.118 e. The fourth-order valence-corrected chi connectivity index (χ4v) is 3.88. The van der Waals surface area contributed by atoms with E-state index in [0.717, 1.165) is 24.1 Å². The fraction of sp³-hybridized carbons (Fsp3) is 0.625. The van der Waals surface area contributed by atoms with Gasteiger partial charge in [-0.25, -0.2) is 0 Å². The van der Waals surface area contributed by atoms with Crippen LogP contribution in [-0.2, 0) is 0 Å². The maximum atomic E-state index is 6.09. The number of benzene rings is 1. The Kier molecular flexibility index (Phi) is 3.76. The number of methoxy groups -OCH3 is 1. The maximum Gasteiger partial charge on any atom is 0.118 e. The van der Waals surface area contributed by atoms with Gasteiger partial charge in [0.05, 0.1) is 7.11 Å². The van der Waals surface area contributed by atoms with Crippen LogP contribution in [0, 0.1) is 11.8 Å². The van der Waals surface area contributed by atoms with Crippen molar-refractivity contribution in [2.45, 2.75) is 18.8 Å². The zero-order valence-corrected chi connectivity index (χ0v) is 11.7. The van der Waals surface area contributed by atoms with E-state index in [1.807, 2.05) is 0 Å². The van der Waals surface area contributed by atoms with Crippen LogP contribution in [0.5, 0.6) is 5.75 Å². The highest BCUT2D eigenvalue weighted by Crippen LogP contribution is 2.40. The van der Waals surface area contributed by atoms with Crippen LogP contribution in [0.1, 0.15) is 24.3 Å². The first-order valence-electron chi connectivity index (χ1n) is 7.38. The Morgan fingerprint density at radius 2 is 1.95 bits per heavy atom. The van der Waals surface area contributed by atoms with Crippen LogP contribution in [0.15, 0.2) is 24.3 Å². The number of nitrogens with zero attached hydrogens (tertiary/aromatic N) is 1. The Morgan fingerprint density at radius 1 is 1.26 bits per heavy atom. The minimum Gasteiger partial charge on any atom is -0.497 e. The van der Waals surface area contributed by atoms with Gasteiger partial charge in [-0.15, -0.1) is 0 Å². The Hall–Kier alpha value is -1.06. The Bertz CT molecular complexity index is 409. The molecule has 3 aliphatic heterocycles. The number of hydrogen-bond donors (Lipinski definition) is 1. The van der Waals surface area contributed by atoms with Crippen molar-refractivity contribution in [3.63, 3.8) is 0 Å². The topological polar surface area (TPSA) is 38.5 Å². The zero-order chi connectivity index (χ0) is 13.2. The Balaban J connectivity index is 1.79. The van der Waals surface area contributed by atoms with Crippen molar-refractivity contribution in [2.24, 2.45) is 17.6 Å². The van der Waals surface area contributed by atoms with E-state index >= 15 is 0 Å². The van der Waals surface area contributed by atoms with Crippen LogP contribution in [0.2, 0.25) is 0 Å². The van der Waals surface area contributed by atoms with Crippen molar-refractivity contribution < 1.29 is 4.74 Å². The largest absolute Gasteiger partial charge is 0.497 e. The van der Waals surface area contributed by atoms with Crippen molar-refractivity contribution in [3.8, 4) is 5.75 Å². The molecule has 0 aromatic heterocycles. The van der Waals surface area contributed by atoms with Gasteiger partial charge >= 0.3 is 0 Å². The lowest BCUT2D eigenvalue weighted by atomic mass is 9.70. The predicted molar refractivity (Wildman–Crippen MR) is 77.4 cm³/mol. The normalized spacial score (nSPS) is 31.2. The average Bonchev–Trinajstić information content (AvgIpc) is 2.50. The summed E-state index contributed by atoms with van der Waals surface area (Å²) in [6.45, 7) is 4.57. The summed E-state index contributed by atoms with van der Waals surface area (Å²) in [5.41, 5.74) is 7.47. The van der Waals surface area contributed by atoms with Crippen molar-refractivity contribution in [1.82, 2.24) is 4.90 Å². The van der Waals surface area contributed by atoms with Crippen LogP contribution in [0.25, 0.3) is 0 Å². The van der Waals surface area contributed by atoms with Gasteiger partial charge in [-0.2, -0.15) is 0 Å². The maximum absolute atomic E-state index is 6.09. The molecule has 4 rings (SSSR count). The van der Waals surface area contributed by atoms with Crippen LogP contribution in [0.3, 0.4) is 0 Å². The van der Waals surface area contributed by atoms with Gasteiger partial charge in [0.1, 0.15) is 5.75 Å². The van der Waals surface area contributed by atoms with Crippen LogP contribution in [0.4, 0.5) is 0 Å². The lowest BCUT2D eigenvalue weighted by Gasteiger charge is -2.47. The van der Waals surface area contributed by atoms with E-state index in [9.17, 15) is 0 Å². The quantitative estimate of drug-likeness (QED) is 0.901. The minimum atomic E-state index is 0.499. The van der Waals surface area contributed by atoms with E-state index in [0.29, 0.717) is 5.92 Å². The third kappa shape index (κ3) is 2.49. The second kappa shape index (κ2) is 5.51. The Labute approximate surface area is 115 Å². The molecule has 0 aliphatic carbocycles.